The van der Waals surface area contributed by atoms with E-state index in [2.05, 4.69) is 11.0 Å². The van der Waals surface area contributed by atoms with Crippen molar-refractivity contribution in [2.45, 2.75) is 0 Å². The van der Waals surface area contributed by atoms with Crippen molar-refractivity contribution in [2.75, 3.05) is 0 Å². The SMILES string of the molecule is C=Cc1coc([N+](=O)[O-])c1. The summed E-state index contributed by atoms with van der Waals surface area (Å²) in [5.41, 5.74) is 0.617. The quantitative estimate of drug-likeness (QED) is 0.464. The predicted molar refractivity (Wildman–Crippen MR) is 35.5 cm³/mol. The number of nitrogens with zero attached hydrogens (tertiary/aromatic N) is 1. The summed E-state index contributed by atoms with van der Waals surface area (Å²) in [6.07, 6.45) is 2.77. The zero-order valence-corrected chi connectivity index (χ0v) is 5.11. The Bertz CT molecular complexity index is 264. The van der Waals surface area contributed by atoms with Gasteiger partial charge in [-0.15, -0.1) is 0 Å². The molecule has 1 aromatic heterocycles. The van der Waals surface area contributed by atoms with Crippen LogP contribution in [0.2, 0.25) is 0 Å². The van der Waals surface area contributed by atoms with Gasteiger partial charge in [0.1, 0.15) is 11.2 Å². The number of rotatable bonds is 2. The molecule has 4 heteroatoms. The van der Waals surface area contributed by atoms with Gasteiger partial charge in [0.2, 0.25) is 0 Å². The van der Waals surface area contributed by atoms with E-state index in [1.807, 2.05) is 0 Å². The van der Waals surface area contributed by atoms with Crippen molar-refractivity contribution in [1.82, 2.24) is 0 Å². The molecule has 0 N–H and O–H groups in total. The van der Waals surface area contributed by atoms with Crippen LogP contribution >= 0.6 is 0 Å². The molecule has 1 aromatic rings. The number of nitro groups is 1. The molecule has 0 aliphatic heterocycles. The largest absolute Gasteiger partial charge is 0.433 e. The fraction of sp³-hybridized carbons (Fsp3) is 0. The minimum absolute atomic E-state index is 0.255. The molecule has 0 amide bonds. The monoisotopic (exact) mass is 139 g/mol. The van der Waals surface area contributed by atoms with Gasteiger partial charge in [-0.05, 0) is 0 Å². The lowest BCUT2D eigenvalue weighted by Gasteiger charge is -1.76. The molecule has 0 aromatic carbocycles. The Morgan fingerprint density at radius 1 is 1.80 bits per heavy atom. The Hall–Kier alpha value is -1.58. The molecule has 0 fully saturated rings. The maximum absolute atomic E-state index is 10.0. The molecule has 0 spiro atoms. The molecule has 0 unspecified atom stereocenters. The predicted octanol–water partition coefficient (Wildman–Crippen LogP) is 1.83. The Morgan fingerprint density at radius 3 is 2.80 bits per heavy atom. The van der Waals surface area contributed by atoms with Crippen LogP contribution in [0.3, 0.4) is 0 Å². The molecule has 0 saturated carbocycles. The number of hydrogen-bond donors (Lipinski definition) is 0. The summed E-state index contributed by atoms with van der Waals surface area (Å²) >= 11 is 0. The first-order valence-corrected chi connectivity index (χ1v) is 2.59. The number of hydrogen-bond acceptors (Lipinski definition) is 3. The Kier molecular flexibility index (Phi) is 1.53. The van der Waals surface area contributed by atoms with Crippen molar-refractivity contribution >= 4 is 12.0 Å². The first-order valence-electron chi connectivity index (χ1n) is 2.59. The van der Waals surface area contributed by atoms with Crippen LogP contribution in [0.5, 0.6) is 0 Å². The van der Waals surface area contributed by atoms with Gasteiger partial charge in [0, 0.05) is 5.56 Å². The van der Waals surface area contributed by atoms with Crippen molar-refractivity contribution in [2.24, 2.45) is 0 Å². The fourth-order valence-corrected chi connectivity index (χ4v) is 0.542. The Morgan fingerprint density at radius 2 is 2.50 bits per heavy atom. The normalized spacial score (nSPS) is 9.20. The summed E-state index contributed by atoms with van der Waals surface area (Å²) in [6, 6.07) is 1.31. The van der Waals surface area contributed by atoms with Gasteiger partial charge in [0.25, 0.3) is 0 Å². The van der Waals surface area contributed by atoms with Crippen molar-refractivity contribution in [3.8, 4) is 0 Å². The summed E-state index contributed by atoms with van der Waals surface area (Å²) in [4.78, 5) is 9.42. The van der Waals surface area contributed by atoms with Gasteiger partial charge in [-0.3, -0.25) is 10.1 Å². The van der Waals surface area contributed by atoms with Gasteiger partial charge < -0.3 is 4.42 Å². The average Bonchev–Trinajstić information content (AvgIpc) is 2.34. The Balaban J connectivity index is 2.98. The Labute approximate surface area is 56.9 Å². The first kappa shape index (κ1) is 6.54. The lowest BCUT2D eigenvalue weighted by Crippen LogP contribution is -1.82. The molecule has 4 nitrogen and oxygen atoms in total. The van der Waals surface area contributed by atoms with Crippen LogP contribution in [0.1, 0.15) is 5.56 Å². The highest BCUT2D eigenvalue weighted by Gasteiger charge is 2.09. The third kappa shape index (κ3) is 1.05. The van der Waals surface area contributed by atoms with E-state index >= 15 is 0 Å². The van der Waals surface area contributed by atoms with Gasteiger partial charge in [0.15, 0.2) is 0 Å². The molecular formula is C6H5NO3. The zero-order chi connectivity index (χ0) is 7.56. The van der Waals surface area contributed by atoms with Crippen molar-refractivity contribution in [3.63, 3.8) is 0 Å². The molecule has 52 valence electrons. The zero-order valence-electron chi connectivity index (χ0n) is 5.11. The van der Waals surface area contributed by atoms with Crippen molar-refractivity contribution in [1.29, 1.82) is 0 Å². The molecular weight excluding hydrogens is 134 g/mol. The van der Waals surface area contributed by atoms with E-state index in [0.717, 1.165) is 0 Å². The second-order valence-corrected chi connectivity index (χ2v) is 1.68. The van der Waals surface area contributed by atoms with Crippen LogP contribution in [-0.2, 0) is 0 Å². The van der Waals surface area contributed by atoms with E-state index < -0.39 is 4.92 Å². The maximum Gasteiger partial charge on any atom is 0.433 e. The second-order valence-electron chi connectivity index (χ2n) is 1.68. The summed E-state index contributed by atoms with van der Waals surface area (Å²) < 4.78 is 4.55. The van der Waals surface area contributed by atoms with E-state index in [1.54, 1.807) is 0 Å². The van der Waals surface area contributed by atoms with Crippen LogP contribution in [0.15, 0.2) is 23.3 Å². The van der Waals surface area contributed by atoms with Gasteiger partial charge in [0.05, 0.1) is 6.07 Å². The van der Waals surface area contributed by atoms with E-state index in [1.165, 1.54) is 18.4 Å². The molecule has 0 atom stereocenters. The topological polar surface area (TPSA) is 56.3 Å². The van der Waals surface area contributed by atoms with Crippen LogP contribution in [0.25, 0.3) is 6.08 Å². The highest BCUT2D eigenvalue weighted by atomic mass is 16.6. The van der Waals surface area contributed by atoms with Crippen LogP contribution in [0.4, 0.5) is 5.88 Å². The average molecular weight is 139 g/mol. The fourth-order valence-electron chi connectivity index (χ4n) is 0.542. The van der Waals surface area contributed by atoms with E-state index in [-0.39, 0.29) is 5.88 Å². The lowest BCUT2D eigenvalue weighted by atomic mass is 10.3. The third-order valence-corrected chi connectivity index (χ3v) is 1.02. The summed E-state index contributed by atoms with van der Waals surface area (Å²) in [6.45, 7) is 3.42. The van der Waals surface area contributed by atoms with E-state index in [9.17, 15) is 10.1 Å². The first-order chi connectivity index (χ1) is 4.74. The molecule has 0 aliphatic rings. The summed E-state index contributed by atoms with van der Waals surface area (Å²) in [7, 11) is 0. The van der Waals surface area contributed by atoms with E-state index in [0.29, 0.717) is 5.56 Å². The van der Waals surface area contributed by atoms with Gasteiger partial charge >= 0.3 is 5.88 Å². The minimum atomic E-state index is -0.590. The highest BCUT2D eigenvalue weighted by Crippen LogP contribution is 2.15. The van der Waals surface area contributed by atoms with Crippen LogP contribution < -0.4 is 0 Å². The number of furan rings is 1. The molecule has 1 rings (SSSR count). The van der Waals surface area contributed by atoms with Gasteiger partial charge in [-0.1, -0.05) is 12.7 Å². The molecule has 0 saturated heterocycles. The molecule has 0 bridgehead atoms. The van der Waals surface area contributed by atoms with E-state index in [4.69, 9.17) is 0 Å². The van der Waals surface area contributed by atoms with Crippen molar-refractivity contribution < 1.29 is 9.34 Å². The van der Waals surface area contributed by atoms with Crippen molar-refractivity contribution in [3.05, 3.63) is 34.6 Å². The van der Waals surface area contributed by atoms with Crippen LogP contribution in [-0.4, -0.2) is 4.92 Å². The summed E-state index contributed by atoms with van der Waals surface area (Å²) in [5.74, 6) is -0.255. The third-order valence-electron chi connectivity index (χ3n) is 1.02. The van der Waals surface area contributed by atoms with Crippen LogP contribution in [0, 0.1) is 10.1 Å². The molecule has 0 aliphatic carbocycles. The molecule has 1 heterocycles. The molecule has 0 radical (unpaired) electrons. The summed E-state index contributed by atoms with van der Waals surface area (Å²) in [5, 5.41) is 10.0. The minimum Gasteiger partial charge on any atom is -0.409 e. The standard InChI is InChI=1S/C6H5NO3/c1-2-5-3-6(7(8)9)10-4-5/h2-4H,1H2. The lowest BCUT2D eigenvalue weighted by molar-refractivity contribution is -0.402. The second kappa shape index (κ2) is 2.34. The van der Waals surface area contributed by atoms with Gasteiger partial charge in [-0.2, -0.15) is 0 Å². The van der Waals surface area contributed by atoms with Gasteiger partial charge in [-0.25, -0.2) is 0 Å². The smallest absolute Gasteiger partial charge is 0.409 e. The highest BCUT2D eigenvalue weighted by molar-refractivity contribution is 5.47. The maximum atomic E-state index is 10.0. The molecule has 10 heavy (non-hydrogen) atoms.